The molecule has 0 spiro atoms. The van der Waals surface area contributed by atoms with Crippen molar-refractivity contribution in [3.63, 3.8) is 0 Å². The van der Waals surface area contributed by atoms with Gasteiger partial charge in [-0.15, -0.1) is 0 Å². The van der Waals surface area contributed by atoms with Crippen LogP contribution in [0.1, 0.15) is 23.1 Å². The highest BCUT2D eigenvalue weighted by Crippen LogP contribution is 2.19. The summed E-state index contributed by atoms with van der Waals surface area (Å²) >= 11 is 0. The molecule has 1 heterocycles. The smallest absolute Gasteiger partial charge is 0.159 e. The zero-order chi connectivity index (χ0) is 12.4. The monoisotopic (exact) mass is 237 g/mol. The van der Waals surface area contributed by atoms with Crippen molar-refractivity contribution in [2.75, 3.05) is 0 Å². The Morgan fingerprint density at radius 1 is 1.18 bits per heavy atom. The Morgan fingerprint density at radius 3 is 2.53 bits per heavy atom. The number of rotatable bonds is 3. The van der Waals surface area contributed by atoms with Crippen LogP contribution >= 0.6 is 0 Å². The van der Waals surface area contributed by atoms with Crippen LogP contribution in [0.2, 0.25) is 0 Å². The third kappa shape index (κ3) is 2.71. The molecule has 0 aliphatic rings. The summed E-state index contributed by atoms with van der Waals surface area (Å²) in [5.74, 6) is -0.283. The third-order valence-electron chi connectivity index (χ3n) is 2.57. The molecule has 0 bridgehead atoms. The van der Waals surface area contributed by atoms with Crippen molar-refractivity contribution in [2.45, 2.75) is 19.4 Å². The van der Waals surface area contributed by atoms with E-state index in [1.807, 2.05) is 13.0 Å². The van der Waals surface area contributed by atoms with Crippen LogP contribution in [0.15, 0.2) is 34.7 Å². The molecular weight excluding hydrogens is 224 g/mol. The second-order valence-electron chi connectivity index (χ2n) is 4.01. The van der Waals surface area contributed by atoms with Crippen LogP contribution in [0.3, 0.4) is 0 Å². The van der Waals surface area contributed by atoms with E-state index in [4.69, 9.17) is 10.2 Å². The third-order valence-corrected chi connectivity index (χ3v) is 2.57. The van der Waals surface area contributed by atoms with Gasteiger partial charge in [0.05, 0.1) is 6.04 Å². The molecule has 0 aliphatic carbocycles. The van der Waals surface area contributed by atoms with Crippen LogP contribution in [0.4, 0.5) is 8.78 Å². The number of furan rings is 1. The van der Waals surface area contributed by atoms with Gasteiger partial charge in [0.15, 0.2) is 11.6 Å². The molecule has 0 amide bonds. The lowest BCUT2D eigenvalue weighted by Crippen LogP contribution is -2.12. The molecule has 2 N–H and O–H groups in total. The summed E-state index contributed by atoms with van der Waals surface area (Å²) in [5, 5.41) is 0. The molecular formula is C13H13F2NO. The zero-order valence-corrected chi connectivity index (χ0v) is 9.41. The van der Waals surface area contributed by atoms with Gasteiger partial charge in [-0.25, -0.2) is 8.78 Å². The first kappa shape index (κ1) is 11.8. The minimum absolute atomic E-state index is 0.353. The van der Waals surface area contributed by atoms with Crippen LogP contribution in [-0.2, 0) is 6.42 Å². The van der Waals surface area contributed by atoms with Gasteiger partial charge >= 0.3 is 0 Å². The normalized spacial score (nSPS) is 12.7. The van der Waals surface area contributed by atoms with Crippen molar-refractivity contribution in [1.29, 1.82) is 0 Å². The largest absolute Gasteiger partial charge is 0.465 e. The number of halogens is 2. The molecule has 1 unspecified atom stereocenters. The van der Waals surface area contributed by atoms with Crippen molar-refractivity contribution in [3.8, 4) is 0 Å². The van der Waals surface area contributed by atoms with Gasteiger partial charge in [-0.05, 0) is 43.2 Å². The maximum absolute atomic E-state index is 13.0. The SMILES string of the molecule is Cc1ccc(C(N)Cc2ccc(F)c(F)c2)o1. The molecule has 0 fully saturated rings. The lowest BCUT2D eigenvalue weighted by atomic mass is 10.0. The van der Waals surface area contributed by atoms with Crippen molar-refractivity contribution in [1.82, 2.24) is 0 Å². The summed E-state index contributed by atoms with van der Waals surface area (Å²) in [6.45, 7) is 1.83. The molecule has 0 saturated carbocycles. The van der Waals surface area contributed by atoms with E-state index in [-0.39, 0.29) is 6.04 Å². The summed E-state index contributed by atoms with van der Waals surface area (Å²) in [5.41, 5.74) is 6.56. The summed E-state index contributed by atoms with van der Waals surface area (Å²) < 4.78 is 31.1. The molecule has 2 aromatic rings. The Bertz CT molecular complexity index is 522. The van der Waals surface area contributed by atoms with Crippen LogP contribution in [0, 0.1) is 18.6 Å². The number of hydrogen-bond acceptors (Lipinski definition) is 2. The highest BCUT2D eigenvalue weighted by Gasteiger charge is 2.12. The lowest BCUT2D eigenvalue weighted by molar-refractivity contribution is 0.444. The van der Waals surface area contributed by atoms with Crippen LogP contribution in [-0.4, -0.2) is 0 Å². The predicted octanol–water partition coefficient (Wildman–Crippen LogP) is 3.11. The number of hydrogen-bond donors (Lipinski definition) is 1. The van der Waals surface area contributed by atoms with Gasteiger partial charge in [0.25, 0.3) is 0 Å². The number of aryl methyl sites for hydroxylation is 1. The molecule has 2 nitrogen and oxygen atoms in total. The van der Waals surface area contributed by atoms with E-state index in [1.165, 1.54) is 6.07 Å². The van der Waals surface area contributed by atoms with Gasteiger partial charge < -0.3 is 10.2 Å². The van der Waals surface area contributed by atoms with E-state index in [0.717, 1.165) is 17.9 Å². The van der Waals surface area contributed by atoms with Gasteiger partial charge in [-0.1, -0.05) is 6.07 Å². The van der Waals surface area contributed by atoms with E-state index in [2.05, 4.69) is 0 Å². The Hall–Kier alpha value is -1.68. The van der Waals surface area contributed by atoms with Crippen LogP contribution in [0.25, 0.3) is 0 Å². The highest BCUT2D eigenvalue weighted by molar-refractivity contribution is 5.21. The quantitative estimate of drug-likeness (QED) is 0.890. The predicted molar refractivity (Wildman–Crippen MR) is 60.4 cm³/mol. The second kappa shape index (κ2) is 4.67. The summed E-state index contributed by atoms with van der Waals surface area (Å²) in [6.07, 6.45) is 0.407. The van der Waals surface area contributed by atoms with E-state index in [0.29, 0.717) is 17.7 Å². The van der Waals surface area contributed by atoms with Crippen molar-refractivity contribution < 1.29 is 13.2 Å². The summed E-state index contributed by atoms with van der Waals surface area (Å²) in [7, 11) is 0. The standard InChI is InChI=1S/C13H13F2NO/c1-8-2-5-13(17-8)12(16)7-9-3-4-10(14)11(15)6-9/h2-6,12H,7,16H2,1H3. The summed E-state index contributed by atoms with van der Waals surface area (Å²) in [4.78, 5) is 0. The van der Waals surface area contributed by atoms with Gasteiger partial charge in [0.2, 0.25) is 0 Å². The molecule has 1 aromatic heterocycles. The average molecular weight is 237 g/mol. The lowest BCUT2D eigenvalue weighted by Gasteiger charge is -2.09. The maximum Gasteiger partial charge on any atom is 0.159 e. The fourth-order valence-corrected chi connectivity index (χ4v) is 1.67. The first-order valence-electron chi connectivity index (χ1n) is 5.32. The van der Waals surface area contributed by atoms with Gasteiger partial charge in [-0.3, -0.25) is 0 Å². The summed E-state index contributed by atoms with van der Waals surface area (Å²) in [6, 6.07) is 7.04. The van der Waals surface area contributed by atoms with E-state index >= 15 is 0 Å². The Balaban J connectivity index is 2.12. The minimum atomic E-state index is -0.856. The Labute approximate surface area is 98.0 Å². The average Bonchev–Trinajstić information content (AvgIpc) is 2.70. The Morgan fingerprint density at radius 2 is 1.94 bits per heavy atom. The molecule has 0 aliphatic heterocycles. The molecule has 4 heteroatoms. The fourth-order valence-electron chi connectivity index (χ4n) is 1.67. The molecule has 1 atom stereocenters. The van der Waals surface area contributed by atoms with Gasteiger partial charge in [0, 0.05) is 0 Å². The van der Waals surface area contributed by atoms with Crippen LogP contribution < -0.4 is 5.73 Å². The van der Waals surface area contributed by atoms with Gasteiger partial charge in [0.1, 0.15) is 11.5 Å². The second-order valence-corrected chi connectivity index (χ2v) is 4.01. The Kier molecular flexibility index (Phi) is 3.24. The van der Waals surface area contributed by atoms with E-state index < -0.39 is 11.6 Å². The maximum atomic E-state index is 13.0. The van der Waals surface area contributed by atoms with Crippen molar-refractivity contribution in [2.24, 2.45) is 5.73 Å². The molecule has 1 aromatic carbocycles. The first-order valence-corrected chi connectivity index (χ1v) is 5.32. The molecule has 2 rings (SSSR count). The number of benzene rings is 1. The molecule has 0 radical (unpaired) electrons. The van der Waals surface area contributed by atoms with Crippen LogP contribution in [0.5, 0.6) is 0 Å². The highest BCUT2D eigenvalue weighted by atomic mass is 19.2. The first-order chi connectivity index (χ1) is 8.06. The van der Waals surface area contributed by atoms with E-state index in [1.54, 1.807) is 6.07 Å². The van der Waals surface area contributed by atoms with Crippen molar-refractivity contribution in [3.05, 3.63) is 59.1 Å². The topological polar surface area (TPSA) is 39.2 Å². The number of nitrogens with two attached hydrogens (primary N) is 1. The molecule has 17 heavy (non-hydrogen) atoms. The fraction of sp³-hybridized carbons (Fsp3) is 0.231. The van der Waals surface area contributed by atoms with Gasteiger partial charge in [-0.2, -0.15) is 0 Å². The molecule has 90 valence electrons. The van der Waals surface area contributed by atoms with Crippen molar-refractivity contribution >= 4 is 0 Å². The molecule has 0 saturated heterocycles. The minimum Gasteiger partial charge on any atom is -0.465 e. The zero-order valence-electron chi connectivity index (χ0n) is 9.41. The van der Waals surface area contributed by atoms with E-state index in [9.17, 15) is 8.78 Å².